The van der Waals surface area contributed by atoms with Crippen molar-refractivity contribution in [3.05, 3.63) is 57.3 Å². The van der Waals surface area contributed by atoms with Crippen molar-refractivity contribution in [2.75, 3.05) is 11.9 Å². The van der Waals surface area contributed by atoms with E-state index in [1.165, 1.54) is 12.1 Å². The van der Waals surface area contributed by atoms with E-state index in [1.54, 1.807) is 12.1 Å². The lowest BCUT2D eigenvalue weighted by Crippen LogP contribution is -2.25. The van der Waals surface area contributed by atoms with E-state index in [0.717, 1.165) is 41.9 Å². The molecule has 2 heterocycles. The summed E-state index contributed by atoms with van der Waals surface area (Å²) in [6, 6.07) is 6.33. The Morgan fingerprint density at radius 3 is 2.84 bits per heavy atom. The van der Waals surface area contributed by atoms with Gasteiger partial charge in [-0.05, 0) is 30.5 Å². The molecule has 0 unspecified atom stereocenters. The van der Waals surface area contributed by atoms with E-state index in [0.29, 0.717) is 6.42 Å². The average molecular weight is 259 g/mol. The lowest BCUT2D eigenvalue weighted by atomic mass is 10.0. The maximum absolute atomic E-state index is 12.9. The zero-order chi connectivity index (χ0) is 13.2. The van der Waals surface area contributed by atoms with E-state index in [1.807, 2.05) is 0 Å². The summed E-state index contributed by atoms with van der Waals surface area (Å²) in [5.41, 5.74) is 3.28. The molecule has 4 nitrogen and oxygen atoms in total. The molecule has 1 aromatic carbocycles. The summed E-state index contributed by atoms with van der Waals surface area (Å²) in [6.07, 6.45) is 2.30. The first-order valence-corrected chi connectivity index (χ1v) is 6.33. The quantitative estimate of drug-likeness (QED) is 0.865. The van der Waals surface area contributed by atoms with Crippen LogP contribution in [-0.4, -0.2) is 16.7 Å². The molecule has 19 heavy (non-hydrogen) atoms. The number of hydrogen-bond acceptors (Lipinski definition) is 3. The first kappa shape index (κ1) is 11.9. The molecule has 2 aromatic rings. The van der Waals surface area contributed by atoms with Gasteiger partial charge >= 0.3 is 0 Å². The number of nitrogens with one attached hydrogen (secondary N) is 2. The number of halogens is 1. The van der Waals surface area contributed by atoms with Crippen molar-refractivity contribution in [3.63, 3.8) is 0 Å². The van der Waals surface area contributed by atoms with Gasteiger partial charge in [0.15, 0.2) is 0 Å². The van der Waals surface area contributed by atoms with Crippen molar-refractivity contribution in [2.24, 2.45) is 0 Å². The Hall–Kier alpha value is -2.17. The normalized spacial score (nSPS) is 13.7. The van der Waals surface area contributed by atoms with Crippen molar-refractivity contribution >= 4 is 5.69 Å². The van der Waals surface area contributed by atoms with Gasteiger partial charge in [-0.1, -0.05) is 12.1 Å². The summed E-state index contributed by atoms with van der Waals surface area (Å²) in [6.45, 7) is 0.856. The largest absolute Gasteiger partial charge is 0.383 e. The fraction of sp³-hybridized carbons (Fsp3) is 0.286. The molecule has 0 spiro atoms. The number of H-pyrrole nitrogens is 1. The third kappa shape index (κ3) is 2.36. The third-order valence-corrected chi connectivity index (χ3v) is 3.35. The topological polar surface area (TPSA) is 57.8 Å². The molecule has 3 rings (SSSR count). The number of rotatable bonds is 2. The number of benzene rings is 1. The highest BCUT2D eigenvalue weighted by Crippen LogP contribution is 2.23. The van der Waals surface area contributed by atoms with E-state index in [2.05, 4.69) is 15.5 Å². The summed E-state index contributed by atoms with van der Waals surface area (Å²) in [7, 11) is 0. The summed E-state index contributed by atoms with van der Waals surface area (Å²) < 4.78 is 12.9. The number of aromatic nitrogens is 2. The van der Waals surface area contributed by atoms with Crippen LogP contribution in [0, 0.1) is 5.82 Å². The van der Waals surface area contributed by atoms with Crippen LogP contribution in [0.2, 0.25) is 0 Å². The molecule has 0 atom stereocenters. The second-order valence-electron chi connectivity index (χ2n) is 4.69. The molecule has 0 saturated carbocycles. The Kier molecular flexibility index (Phi) is 3.03. The minimum absolute atomic E-state index is 0.120. The van der Waals surface area contributed by atoms with Crippen LogP contribution in [0.4, 0.5) is 10.1 Å². The van der Waals surface area contributed by atoms with Crippen molar-refractivity contribution in [3.8, 4) is 0 Å². The first-order valence-electron chi connectivity index (χ1n) is 6.33. The molecule has 0 radical (unpaired) electrons. The van der Waals surface area contributed by atoms with E-state index in [4.69, 9.17) is 0 Å². The molecule has 1 aliphatic rings. The zero-order valence-electron chi connectivity index (χ0n) is 10.4. The van der Waals surface area contributed by atoms with Gasteiger partial charge in [0.05, 0.1) is 11.4 Å². The maximum Gasteiger partial charge on any atom is 0.269 e. The predicted molar refractivity (Wildman–Crippen MR) is 70.9 cm³/mol. The van der Waals surface area contributed by atoms with Crippen LogP contribution in [0.15, 0.2) is 29.1 Å². The number of fused-ring (bicyclic) bond motifs is 1. The zero-order valence-corrected chi connectivity index (χ0v) is 10.4. The Morgan fingerprint density at radius 1 is 1.26 bits per heavy atom. The third-order valence-electron chi connectivity index (χ3n) is 3.35. The highest BCUT2D eigenvalue weighted by atomic mass is 19.1. The Bertz CT molecular complexity index is 649. The van der Waals surface area contributed by atoms with Crippen LogP contribution in [0.5, 0.6) is 0 Å². The van der Waals surface area contributed by atoms with Gasteiger partial charge in [-0.15, -0.1) is 0 Å². The van der Waals surface area contributed by atoms with Crippen LogP contribution in [-0.2, 0) is 12.8 Å². The minimum atomic E-state index is -0.252. The maximum atomic E-state index is 12.9. The van der Waals surface area contributed by atoms with E-state index < -0.39 is 0 Å². The van der Waals surface area contributed by atoms with Gasteiger partial charge in [0.25, 0.3) is 5.56 Å². The minimum Gasteiger partial charge on any atom is -0.383 e. The van der Waals surface area contributed by atoms with E-state index in [9.17, 15) is 9.18 Å². The highest BCUT2D eigenvalue weighted by molar-refractivity contribution is 5.56. The number of hydrogen-bond donors (Lipinski definition) is 2. The Labute approximate surface area is 109 Å². The Balaban J connectivity index is 1.97. The molecule has 0 fully saturated rings. The molecule has 1 aromatic heterocycles. The molecule has 0 bridgehead atoms. The Morgan fingerprint density at radius 2 is 2.05 bits per heavy atom. The highest BCUT2D eigenvalue weighted by Gasteiger charge is 2.17. The van der Waals surface area contributed by atoms with Gasteiger partial charge in [0, 0.05) is 18.5 Å². The predicted octanol–water partition coefficient (Wildman–Crippen LogP) is 1.86. The molecule has 0 aliphatic carbocycles. The fourth-order valence-electron chi connectivity index (χ4n) is 2.38. The summed E-state index contributed by atoms with van der Waals surface area (Å²) >= 11 is 0. The molecule has 0 amide bonds. The van der Waals surface area contributed by atoms with Crippen LogP contribution < -0.4 is 10.9 Å². The second-order valence-corrected chi connectivity index (χ2v) is 4.69. The van der Waals surface area contributed by atoms with Crippen LogP contribution in [0.1, 0.15) is 23.2 Å². The number of nitrogens with zero attached hydrogens (tertiary/aromatic N) is 1. The monoisotopic (exact) mass is 259 g/mol. The number of aromatic amines is 1. The molecule has 98 valence electrons. The van der Waals surface area contributed by atoms with Crippen LogP contribution in [0.25, 0.3) is 0 Å². The van der Waals surface area contributed by atoms with Gasteiger partial charge in [0.1, 0.15) is 5.82 Å². The SMILES string of the molecule is O=c1[nH]nc(Cc2ccc(F)cc2)c2c1CCCN2. The lowest BCUT2D eigenvalue weighted by molar-refractivity contribution is 0.627. The van der Waals surface area contributed by atoms with Crippen molar-refractivity contribution in [1.82, 2.24) is 10.2 Å². The van der Waals surface area contributed by atoms with Crippen LogP contribution in [0.3, 0.4) is 0 Å². The molecular formula is C14H14FN3O. The van der Waals surface area contributed by atoms with Crippen molar-refractivity contribution < 1.29 is 4.39 Å². The molecule has 1 aliphatic heterocycles. The number of anilines is 1. The first-order chi connectivity index (χ1) is 9.24. The average Bonchev–Trinajstić information content (AvgIpc) is 2.45. The van der Waals surface area contributed by atoms with Crippen molar-refractivity contribution in [1.29, 1.82) is 0 Å². The smallest absolute Gasteiger partial charge is 0.269 e. The van der Waals surface area contributed by atoms with Crippen LogP contribution >= 0.6 is 0 Å². The van der Waals surface area contributed by atoms with E-state index in [-0.39, 0.29) is 11.4 Å². The summed E-state index contributed by atoms with van der Waals surface area (Å²) in [5.74, 6) is -0.252. The molecule has 5 heteroatoms. The molecule has 0 saturated heterocycles. The lowest BCUT2D eigenvalue weighted by Gasteiger charge is -2.19. The molecular weight excluding hydrogens is 245 g/mol. The molecule has 2 N–H and O–H groups in total. The second kappa shape index (κ2) is 4.84. The van der Waals surface area contributed by atoms with Gasteiger partial charge in [0.2, 0.25) is 0 Å². The fourth-order valence-corrected chi connectivity index (χ4v) is 2.38. The van der Waals surface area contributed by atoms with Gasteiger partial charge in [-0.2, -0.15) is 5.10 Å². The summed E-state index contributed by atoms with van der Waals surface area (Å²) in [5, 5.41) is 9.90. The van der Waals surface area contributed by atoms with Gasteiger partial charge in [-0.3, -0.25) is 4.79 Å². The van der Waals surface area contributed by atoms with Gasteiger partial charge in [-0.25, -0.2) is 9.49 Å². The standard InChI is InChI=1S/C14H14FN3O/c15-10-5-3-9(4-6-10)8-12-13-11(2-1-7-16-13)14(19)18-17-12/h3-6,16H,1-2,7-8H2,(H,18,19). The van der Waals surface area contributed by atoms with Crippen molar-refractivity contribution in [2.45, 2.75) is 19.3 Å². The van der Waals surface area contributed by atoms with Gasteiger partial charge < -0.3 is 5.32 Å². The van der Waals surface area contributed by atoms with E-state index >= 15 is 0 Å². The summed E-state index contributed by atoms with van der Waals surface area (Å²) in [4.78, 5) is 11.7.